The number of thiophene rings is 1. The number of aliphatic carboxylic acids is 1. The van der Waals surface area contributed by atoms with Crippen LogP contribution in [-0.2, 0) is 34.5 Å². The van der Waals surface area contributed by atoms with Crippen LogP contribution in [-0.4, -0.2) is 30.1 Å². The van der Waals surface area contributed by atoms with E-state index in [1.54, 1.807) is 6.20 Å². The molecule has 4 aromatic rings. The Bertz CT molecular complexity index is 1590. The molecule has 0 saturated carbocycles. The fourth-order valence-corrected chi connectivity index (χ4v) is 6.01. The number of alkyl halides is 3. The number of fused-ring (bicyclic) bond motifs is 1. The van der Waals surface area contributed by atoms with E-state index in [0.717, 1.165) is 34.4 Å². The van der Waals surface area contributed by atoms with E-state index in [-0.39, 0.29) is 10.6 Å². The van der Waals surface area contributed by atoms with Crippen LogP contribution in [0.15, 0.2) is 71.1 Å². The maximum absolute atomic E-state index is 12.9. The molecule has 0 saturated heterocycles. The number of carboxylic acid groups (broad SMARTS) is 1. The summed E-state index contributed by atoms with van der Waals surface area (Å²) in [4.78, 5) is 12.2. The van der Waals surface area contributed by atoms with Gasteiger partial charge in [0, 0.05) is 36.1 Å². The maximum Gasteiger partial charge on any atom is 0.416 e. The van der Waals surface area contributed by atoms with Crippen LogP contribution >= 0.6 is 11.3 Å². The number of benzene rings is 2. The van der Waals surface area contributed by atoms with Gasteiger partial charge in [-0.15, -0.1) is 11.3 Å². The Balaban J connectivity index is 1.51. The van der Waals surface area contributed by atoms with E-state index in [1.165, 1.54) is 24.3 Å². The zero-order valence-electron chi connectivity index (χ0n) is 18.7. The highest BCUT2D eigenvalue weighted by atomic mass is 32.2. The van der Waals surface area contributed by atoms with Gasteiger partial charge in [-0.3, -0.25) is 4.79 Å². The van der Waals surface area contributed by atoms with E-state index in [0.29, 0.717) is 16.0 Å². The monoisotopic (exact) mass is 532 g/mol. The highest BCUT2D eigenvalue weighted by molar-refractivity contribution is 7.91. The number of halogens is 3. The van der Waals surface area contributed by atoms with E-state index in [4.69, 9.17) is 0 Å². The van der Waals surface area contributed by atoms with Crippen molar-refractivity contribution in [3.05, 3.63) is 88.4 Å². The van der Waals surface area contributed by atoms with E-state index < -0.39 is 33.8 Å². The Morgan fingerprint density at radius 1 is 1.08 bits per heavy atom. The fraction of sp³-hybridized carbons (Fsp3) is 0.160. The van der Waals surface area contributed by atoms with Gasteiger partial charge >= 0.3 is 12.1 Å². The first-order valence-corrected chi connectivity index (χ1v) is 12.8. The highest BCUT2D eigenvalue weighted by Gasteiger charge is 2.30. The molecule has 0 bridgehead atoms. The molecule has 2 heterocycles. The summed E-state index contributed by atoms with van der Waals surface area (Å²) in [5.74, 6) is 4.11. The molecular formula is C25H19F3N2O4S2. The second kappa shape index (κ2) is 9.81. The van der Waals surface area contributed by atoms with Crippen LogP contribution in [0.1, 0.15) is 21.6 Å². The average Bonchev–Trinajstić information content (AvgIpc) is 3.43. The van der Waals surface area contributed by atoms with Crippen molar-refractivity contribution in [3.63, 3.8) is 0 Å². The van der Waals surface area contributed by atoms with E-state index >= 15 is 0 Å². The molecular weight excluding hydrogens is 513 g/mol. The van der Waals surface area contributed by atoms with Crippen LogP contribution in [0.3, 0.4) is 0 Å². The zero-order chi connectivity index (χ0) is 26.1. The summed E-state index contributed by atoms with van der Waals surface area (Å²) in [6.07, 6.45) is -2.73. The fourth-order valence-electron chi connectivity index (χ4n) is 3.64. The largest absolute Gasteiger partial charge is 0.480 e. The number of hydrogen-bond acceptors (Lipinski definition) is 4. The molecule has 36 heavy (non-hydrogen) atoms. The van der Waals surface area contributed by atoms with Gasteiger partial charge < -0.3 is 9.67 Å². The Labute approximate surface area is 209 Å². The van der Waals surface area contributed by atoms with E-state index in [1.807, 2.05) is 35.9 Å². The third-order valence-corrected chi connectivity index (χ3v) is 8.35. The Morgan fingerprint density at radius 2 is 1.78 bits per heavy atom. The second-order valence-corrected chi connectivity index (χ2v) is 11.0. The molecule has 0 radical (unpaired) electrons. The molecule has 0 spiro atoms. The quantitative estimate of drug-likeness (QED) is 0.355. The predicted molar refractivity (Wildman–Crippen MR) is 130 cm³/mol. The van der Waals surface area contributed by atoms with Gasteiger partial charge in [0.05, 0.1) is 10.4 Å². The normalized spacial score (nSPS) is 12.8. The van der Waals surface area contributed by atoms with Crippen LogP contribution in [0, 0.1) is 11.8 Å². The lowest BCUT2D eigenvalue weighted by Gasteiger charge is -2.13. The molecule has 6 nitrogen and oxygen atoms in total. The van der Waals surface area contributed by atoms with Crippen molar-refractivity contribution in [3.8, 4) is 11.8 Å². The number of aryl methyl sites for hydroxylation is 1. The number of rotatable bonds is 6. The number of nitrogens with one attached hydrogen (secondary N) is 1. The first-order chi connectivity index (χ1) is 16.9. The van der Waals surface area contributed by atoms with Crippen LogP contribution in [0.4, 0.5) is 13.2 Å². The summed E-state index contributed by atoms with van der Waals surface area (Å²) >= 11 is 0.832. The standard InChI is InChI=1S/C25H19F3N2O4S2/c1-30-15-17(20-4-2-3-5-22(20)30)14-21(24(31)32)29-36(33,34)23-13-12-19(35-23)11-8-16-6-9-18(10-7-16)25(26,27)28/h2-7,9-10,12-13,15,21,29H,14H2,1H3,(H,31,32). The highest BCUT2D eigenvalue weighted by Crippen LogP contribution is 2.29. The van der Waals surface area contributed by atoms with Gasteiger partial charge in [-0.25, -0.2) is 8.42 Å². The Kier molecular flexibility index (Phi) is 6.95. The van der Waals surface area contributed by atoms with Crippen molar-refractivity contribution in [1.82, 2.24) is 9.29 Å². The number of sulfonamides is 1. The predicted octanol–water partition coefficient (Wildman–Crippen LogP) is 4.63. The van der Waals surface area contributed by atoms with Gasteiger partial charge in [0.15, 0.2) is 0 Å². The van der Waals surface area contributed by atoms with E-state index in [2.05, 4.69) is 16.6 Å². The molecule has 1 unspecified atom stereocenters. The molecule has 0 aliphatic heterocycles. The minimum absolute atomic E-state index is 0.0537. The molecule has 0 aliphatic rings. The molecule has 11 heteroatoms. The van der Waals surface area contributed by atoms with Crippen LogP contribution in [0.5, 0.6) is 0 Å². The van der Waals surface area contributed by atoms with Gasteiger partial charge in [0.1, 0.15) is 10.3 Å². The van der Waals surface area contributed by atoms with Crippen molar-refractivity contribution in [2.45, 2.75) is 22.8 Å². The SMILES string of the molecule is Cn1cc(CC(NS(=O)(=O)c2ccc(C#Cc3ccc(C(F)(F)F)cc3)s2)C(=O)O)c2ccccc21. The van der Waals surface area contributed by atoms with Crippen molar-refractivity contribution in [2.24, 2.45) is 7.05 Å². The summed E-state index contributed by atoms with van der Waals surface area (Å²) < 4.78 is 67.8. The van der Waals surface area contributed by atoms with Gasteiger partial charge in [-0.05, 0) is 48.0 Å². The van der Waals surface area contributed by atoms with E-state index in [9.17, 15) is 31.5 Å². The number of carbonyl (C=O) groups is 1. The Morgan fingerprint density at radius 3 is 2.44 bits per heavy atom. The van der Waals surface area contributed by atoms with Crippen LogP contribution in [0.25, 0.3) is 10.9 Å². The number of carboxylic acids is 1. The lowest BCUT2D eigenvalue weighted by molar-refractivity contribution is -0.139. The average molecular weight is 533 g/mol. The van der Waals surface area contributed by atoms with Crippen LogP contribution < -0.4 is 4.72 Å². The van der Waals surface area contributed by atoms with Crippen LogP contribution in [0.2, 0.25) is 0 Å². The van der Waals surface area contributed by atoms with Crippen molar-refractivity contribution < 1.29 is 31.5 Å². The summed E-state index contributed by atoms with van der Waals surface area (Å²) in [5.41, 5.74) is 1.13. The summed E-state index contributed by atoms with van der Waals surface area (Å²) in [6.45, 7) is 0. The molecule has 0 aliphatic carbocycles. The summed E-state index contributed by atoms with van der Waals surface area (Å²) in [5, 5.41) is 10.5. The zero-order valence-corrected chi connectivity index (χ0v) is 20.3. The lowest BCUT2D eigenvalue weighted by Crippen LogP contribution is -2.42. The van der Waals surface area contributed by atoms with Crippen molar-refractivity contribution >= 4 is 38.2 Å². The minimum atomic E-state index is -4.45. The minimum Gasteiger partial charge on any atom is -0.480 e. The first kappa shape index (κ1) is 25.5. The van der Waals surface area contributed by atoms with Crippen molar-refractivity contribution in [2.75, 3.05) is 0 Å². The third kappa shape index (κ3) is 5.62. The summed E-state index contributed by atoms with van der Waals surface area (Å²) in [7, 11) is -2.34. The smallest absolute Gasteiger partial charge is 0.416 e. The number of para-hydroxylation sites is 1. The van der Waals surface area contributed by atoms with Crippen molar-refractivity contribution in [1.29, 1.82) is 0 Å². The lowest BCUT2D eigenvalue weighted by atomic mass is 10.1. The number of aromatic nitrogens is 1. The van der Waals surface area contributed by atoms with Gasteiger partial charge in [-0.1, -0.05) is 30.0 Å². The summed E-state index contributed by atoms with van der Waals surface area (Å²) in [6, 6.07) is 13.1. The number of hydrogen-bond donors (Lipinski definition) is 2. The molecule has 2 aromatic heterocycles. The number of nitrogens with zero attached hydrogens (tertiary/aromatic N) is 1. The molecule has 1 atom stereocenters. The van der Waals surface area contributed by atoms with Gasteiger partial charge in [0.2, 0.25) is 0 Å². The second-order valence-electron chi connectivity index (χ2n) is 7.94. The molecule has 0 amide bonds. The van der Waals surface area contributed by atoms with Gasteiger partial charge in [0.25, 0.3) is 10.0 Å². The first-order valence-electron chi connectivity index (χ1n) is 10.5. The topological polar surface area (TPSA) is 88.4 Å². The third-order valence-electron chi connectivity index (χ3n) is 5.39. The maximum atomic E-state index is 12.9. The Hall–Kier alpha value is -3.59. The molecule has 4 rings (SSSR count). The molecule has 0 fully saturated rings. The van der Waals surface area contributed by atoms with Gasteiger partial charge in [-0.2, -0.15) is 17.9 Å². The molecule has 186 valence electrons. The molecule has 2 N–H and O–H groups in total. The molecule has 2 aromatic carbocycles.